The van der Waals surface area contributed by atoms with Crippen molar-refractivity contribution in [2.45, 2.75) is 54.4 Å². The lowest BCUT2D eigenvalue weighted by Crippen LogP contribution is -2.50. The van der Waals surface area contributed by atoms with Crippen LogP contribution in [-0.4, -0.2) is 31.1 Å². The van der Waals surface area contributed by atoms with Crippen LogP contribution in [0.25, 0.3) is 0 Å². The molecule has 2 atom stereocenters. The molecule has 24 heavy (non-hydrogen) atoms. The number of hydrogen-bond donors (Lipinski definition) is 1. The Bertz CT molecular complexity index is 722. The third-order valence-corrected chi connectivity index (χ3v) is 7.82. The molecule has 0 amide bonds. The van der Waals surface area contributed by atoms with Crippen LogP contribution in [0, 0.1) is 0 Å². The van der Waals surface area contributed by atoms with Crippen molar-refractivity contribution in [1.82, 2.24) is 0 Å². The van der Waals surface area contributed by atoms with Crippen molar-refractivity contribution in [3.05, 3.63) is 29.3 Å². The minimum Gasteiger partial charge on any atom is -0.496 e. The summed E-state index contributed by atoms with van der Waals surface area (Å²) in [6.07, 6.45) is -3.08. The van der Waals surface area contributed by atoms with E-state index in [9.17, 15) is 26.7 Å². The number of rotatable bonds is 2. The number of hydrogen-bond acceptors (Lipinski definition) is 4. The first-order valence-corrected chi connectivity index (χ1v) is 9.40. The zero-order valence-corrected chi connectivity index (χ0v) is 14.0. The number of sulfone groups is 1. The predicted octanol–water partition coefficient (Wildman–Crippen LogP) is 3.03. The van der Waals surface area contributed by atoms with E-state index in [0.717, 1.165) is 19.6 Å². The van der Waals surface area contributed by atoms with Gasteiger partial charge in [0.2, 0.25) is 0 Å². The van der Waals surface area contributed by atoms with Crippen LogP contribution in [0.3, 0.4) is 0 Å². The number of fused-ring (bicyclic) bond motifs is 2. The summed E-state index contributed by atoms with van der Waals surface area (Å²) in [6, 6.07) is 3.45. The molecule has 8 heteroatoms. The van der Waals surface area contributed by atoms with Crippen LogP contribution in [0.2, 0.25) is 0 Å². The van der Waals surface area contributed by atoms with Gasteiger partial charge in [0, 0.05) is 0 Å². The summed E-state index contributed by atoms with van der Waals surface area (Å²) >= 11 is 0. The molecule has 0 radical (unpaired) electrons. The zero-order chi connectivity index (χ0) is 17.8. The van der Waals surface area contributed by atoms with Gasteiger partial charge in [0.1, 0.15) is 5.75 Å². The number of methoxy groups -OCH3 is 1. The lowest BCUT2D eigenvalue weighted by Gasteiger charge is -2.44. The van der Waals surface area contributed by atoms with Crippen LogP contribution >= 0.6 is 0 Å². The third kappa shape index (κ3) is 2.79. The van der Waals surface area contributed by atoms with Gasteiger partial charge in [-0.1, -0.05) is 12.5 Å². The highest BCUT2D eigenvalue weighted by molar-refractivity contribution is 7.92. The molecule has 2 aliphatic heterocycles. The monoisotopic (exact) mass is 364 g/mol. The van der Waals surface area contributed by atoms with E-state index in [-0.39, 0.29) is 24.2 Å². The maximum absolute atomic E-state index is 13.2. The quantitative estimate of drug-likeness (QED) is 0.876. The molecule has 3 rings (SSSR count). The molecule has 1 aromatic carbocycles. The number of ether oxygens (including phenoxy) is 1. The highest BCUT2D eigenvalue weighted by Crippen LogP contribution is 2.47. The van der Waals surface area contributed by atoms with Crippen LogP contribution in [0.4, 0.5) is 13.2 Å². The average Bonchev–Trinajstić information content (AvgIpc) is 2.47. The third-order valence-electron chi connectivity index (χ3n) is 5.15. The fourth-order valence-corrected chi connectivity index (χ4v) is 6.45. The molecule has 2 fully saturated rings. The first kappa shape index (κ1) is 17.5. The van der Waals surface area contributed by atoms with Gasteiger partial charge in [0.05, 0.1) is 28.8 Å². The van der Waals surface area contributed by atoms with Crippen molar-refractivity contribution < 1.29 is 31.4 Å². The van der Waals surface area contributed by atoms with Crippen LogP contribution < -0.4 is 4.74 Å². The van der Waals surface area contributed by atoms with Crippen molar-refractivity contribution in [3.8, 4) is 5.75 Å². The minimum absolute atomic E-state index is 0.0601. The Morgan fingerprint density at radius 3 is 2.29 bits per heavy atom. The summed E-state index contributed by atoms with van der Waals surface area (Å²) in [6.45, 7) is 0. The lowest BCUT2D eigenvalue weighted by molar-refractivity contribution is -0.139. The molecular weight excluding hydrogens is 345 g/mol. The molecule has 2 bridgehead atoms. The topological polar surface area (TPSA) is 63.6 Å². The molecule has 2 unspecified atom stereocenters. The van der Waals surface area contributed by atoms with Crippen molar-refractivity contribution >= 4 is 9.84 Å². The van der Waals surface area contributed by atoms with Gasteiger partial charge in [0.25, 0.3) is 0 Å². The Morgan fingerprint density at radius 1 is 1.21 bits per heavy atom. The summed E-state index contributed by atoms with van der Waals surface area (Å²) in [7, 11) is -2.15. The van der Waals surface area contributed by atoms with E-state index in [2.05, 4.69) is 0 Å². The zero-order valence-electron chi connectivity index (χ0n) is 13.1. The molecule has 1 aromatic rings. The Balaban J connectivity index is 2.03. The van der Waals surface area contributed by atoms with Crippen molar-refractivity contribution in [2.24, 2.45) is 0 Å². The first-order valence-electron chi connectivity index (χ1n) is 7.79. The standard InChI is InChI=1S/C16H19F3O4S/c1-23-14-6-5-10(7-13(14)16(17,18)19)15(20)8-11-3-2-4-12(9-15)24(11,21)22/h5-7,11-12,20H,2-4,8-9H2,1H3. The van der Waals surface area contributed by atoms with Gasteiger partial charge in [-0.05, 0) is 43.4 Å². The molecule has 2 saturated heterocycles. The Morgan fingerprint density at radius 2 is 1.79 bits per heavy atom. The van der Waals surface area contributed by atoms with Crippen LogP contribution in [0.15, 0.2) is 18.2 Å². The smallest absolute Gasteiger partial charge is 0.419 e. The fourth-order valence-electron chi connectivity index (χ4n) is 3.90. The van der Waals surface area contributed by atoms with Crippen LogP contribution in [0.5, 0.6) is 5.75 Å². The van der Waals surface area contributed by atoms with E-state index < -0.39 is 37.7 Å². The maximum atomic E-state index is 13.2. The van der Waals surface area contributed by atoms with Gasteiger partial charge in [-0.2, -0.15) is 13.2 Å². The second kappa shape index (κ2) is 5.62. The summed E-state index contributed by atoms with van der Waals surface area (Å²) < 4.78 is 69.0. The molecule has 2 heterocycles. The minimum atomic E-state index is -4.62. The molecule has 4 nitrogen and oxygen atoms in total. The number of aliphatic hydroxyl groups is 1. The summed E-state index contributed by atoms with van der Waals surface area (Å²) in [5, 5.41) is 9.58. The van der Waals surface area contributed by atoms with E-state index in [0.29, 0.717) is 12.8 Å². The Labute approximate surface area is 138 Å². The van der Waals surface area contributed by atoms with E-state index in [1.165, 1.54) is 12.1 Å². The van der Waals surface area contributed by atoms with E-state index >= 15 is 0 Å². The number of halogens is 3. The Hall–Kier alpha value is -1.28. The highest BCUT2D eigenvalue weighted by Gasteiger charge is 2.51. The largest absolute Gasteiger partial charge is 0.496 e. The first-order chi connectivity index (χ1) is 11.1. The lowest BCUT2D eigenvalue weighted by atomic mass is 9.80. The summed E-state index contributed by atoms with van der Waals surface area (Å²) in [4.78, 5) is 0. The molecule has 0 aliphatic carbocycles. The predicted molar refractivity (Wildman–Crippen MR) is 81.5 cm³/mol. The van der Waals surface area contributed by atoms with Crippen molar-refractivity contribution in [2.75, 3.05) is 7.11 Å². The normalized spacial score (nSPS) is 32.4. The van der Waals surface area contributed by atoms with Crippen LogP contribution in [-0.2, 0) is 21.6 Å². The van der Waals surface area contributed by atoms with Gasteiger partial charge >= 0.3 is 6.18 Å². The molecule has 2 aliphatic rings. The number of benzene rings is 1. The SMILES string of the molecule is COc1ccc(C2(O)CC3CCCC(C2)S3(=O)=O)cc1C(F)(F)F. The summed E-state index contributed by atoms with van der Waals surface area (Å²) in [5.74, 6) is -0.321. The van der Waals surface area contributed by atoms with Gasteiger partial charge in [0.15, 0.2) is 9.84 Å². The molecule has 134 valence electrons. The van der Waals surface area contributed by atoms with E-state index in [1.54, 1.807) is 0 Å². The molecule has 1 N–H and O–H groups in total. The van der Waals surface area contributed by atoms with E-state index in [4.69, 9.17) is 4.74 Å². The highest BCUT2D eigenvalue weighted by atomic mass is 32.2. The molecule has 0 aromatic heterocycles. The molecule has 0 spiro atoms. The van der Waals surface area contributed by atoms with Crippen molar-refractivity contribution in [1.29, 1.82) is 0 Å². The van der Waals surface area contributed by atoms with Gasteiger partial charge in [-0.25, -0.2) is 8.42 Å². The van der Waals surface area contributed by atoms with Gasteiger partial charge in [-0.15, -0.1) is 0 Å². The van der Waals surface area contributed by atoms with Crippen molar-refractivity contribution in [3.63, 3.8) is 0 Å². The van der Waals surface area contributed by atoms with E-state index in [1.807, 2.05) is 0 Å². The molecule has 0 saturated carbocycles. The second-order valence-corrected chi connectivity index (χ2v) is 9.13. The summed E-state index contributed by atoms with van der Waals surface area (Å²) in [5.41, 5.74) is -2.43. The van der Waals surface area contributed by atoms with Crippen LogP contribution in [0.1, 0.15) is 43.2 Å². The fraction of sp³-hybridized carbons (Fsp3) is 0.625. The van der Waals surface area contributed by atoms with Gasteiger partial charge in [-0.3, -0.25) is 0 Å². The van der Waals surface area contributed by atoms with Gasteiger partial charge < -0.3 is 9.84 Å². The average molecular weight is 364 g/mol. The Kier molecular flexibility index (Phi) is 4.11. The maximum Gasteiger partial charge on any atom is 0.419 e. The molecular formula is C16H19F3O4S. The second-order valence-electron chi connectivity index (χ2n) is 6.62. The number of alkyl halides is 3.